The van der Waals surface area contributed by atoms with E-state index in [1.165, 1.54) is 30.3 Å². The maximum Gasteiger partial charge on any atom is 0.255 e. The van der Waals surface area contributed by atoms with E-state index in [0.29, 0.717) is 6.42 Å². The lowest BCUT2D eigenvalue weighted by molar-refractivity contribution is -0.121. The first-order valence-corrected chi connectivity index (χ1v) is 12.4. The second-order valence-electron chi connectivity index (χ2n) is 6.96. The number of amides is 1. The zero-order valence-electron chi connectivity index (χ0n) is 17.3. The summed E-state index contributed by atoms with van der Waals surface area (Å²) in [5, 5.41) is 3.86. The number of rotatable bonds is 9. The number of carbonyl (C=O) groups is 1. The fourth-order valence-electron chi connectivity index (χ4n) is 2.94. The van der Waals surface area contributed by atoms with Gasteiger partial charge in [0.25, 0.3) is 5.91 Å². The molecule has 172 valence electrons. The fraction of sp³-hybridized carbons (Fsp3) is 0.130. The second-order valence-corrected chi connectivity index (χ2v) is 10.2. The molecule has 0 saturated heterocycles. The van der Waals surface area contributed by atoms with E-state index >= 15 is 0 Å². The van der Waals surface area contributed by atoms with Gasteiger partial charge in [0, 0.05) is 16.6 Å². The lowest BCUT2D eigenvalue weighted by Gasteiger charge is -2.21. The summed E-state index contributed by atoms with van der Waals surface area (Å²) in [5.41, 5.74) is 3.19. The van der Waals surface area contributed by atoms with Crippen LogP contribution in [0.2, 0.25) is 5.02 Å². The molecule has 6 nitrogen and oxygen atoms in total. The predicted octanol–water partition coefficient (Wildman–Crippen LogP) is 4.63. The van der Waals surface area contributed by atoms with Gasteiger partial charge in [0.15, 0.2) is 0 Å². The molecule has 0 atom stereocenters. The monoisotopic (exact) mass is 551 g/mol. The van der Waals surface area contributed by atoms with Gasteiger partial charge in [0.2, 0.25) is 10.0 Å². The normalized spacial score (nSPS) is 11.8. The number of carbonyl (C=O) groups excluding carboxylic acids is 1. The van der Waals surface area contributed by atoms with Gasteiger partial charge in [-0.05, 0) is 48.4 Å². The SMILES string of the molecule is O=C(CN(CCc1ccccc1)S(=O)(=O)c1ccc(Br)cc1)N/N=C\c1c(F)cccc1Cl. The zero-order chi connectivity index (χ0) is 23.8. The Morgan fingerprint density at radius 2 is 1.76 bits per heavy atom. The summed E-state index contributed by atoms with van der Waals surface area (Å²) in [7, 11) is -3.95. The quantitative estimate of drug-likeness (QED) is 0.311. The van der Waals surface area contributed by atoms with E-state index in [-0.39, 0.29) is 22.0 Å². The lowest BCUT2D eigenvalue weighted by atomic mass is 10.1. The average Bonchev–Trinajstić information content (AvgIpc) is 2.79. The predicted molar refractivity (Wildman–Crippen MR) is 130 cm³/mol. The van der Waals surface area contributed by atoms with Crippen molar-refractivity contribution < 1.29 is 17.6 Å². The Labute approximate surface area is 205 Å². The van der Waals surface area contributed by atoms with E-state index in [1.807, 2.05) is 30.3 Å². The van der Waals surface area contributed by atoms with Crippen molar-refractivity contribution in [3.05, 3.63) is 99.2 Å². The first kappa shape index (κ1) is 25.0. The van der Waals surface area contributed by atoms with Crippen molar-refractivity contribution >= 4 is 49.7 Å². The second kappa shape index (κ2) is 11.5. The third kappa shape index (κ3) is 6.94. The fourth-order valence-corrected chi connectivity index (χ4v) is 4.81. The number of hydrogen-bond donors (Lipinski definition) is 1. The first-order chi connectivity index (χ1) is 15.8. The number of nitrogens with zero attached hydrogens (tertiary/aromatic N) is 2. The number of sulfonamides is 1. The minimum Gasteiger partial charge on any atom is -0.272 e. The van der Waals surface area contributed by atoms with E-state index in [0.717, 1.165) is 20.6 Å². The van der Waals surface area contributed by atoms with Crippen molar-refractivity contribution in [2.24, 2.45) is 5.10 Å². The molecule has 0 spiro atoms. The minimum atomic E-state index is -3.95. The van der Waals surface area contributed by atoms with Gasteiger partial charge < -0.3 is 0 Å². The van der Waals surface area contributed by atoms with Gasteiger partial charge in [-0.15, -0.1) is 0 Å². The largest absolute Gasteiger partial charge is 0.272 e. The van der Waals surface area contributed by atoms with Crippen molar-refractivity contribution in [1.29, 1.82) is 0 Å². The van der Waals surface area contributed by atoms with E-state index in [9.17, 15) is 17.6 Å². The summed E-state index contributed by atoms with van der Waals surface area (Å²) >= 11 is 9.22. The Morgan fingerprint density at radius 3 is 2.42 bits per heavy atom. The van der Waals surface area contributed by atoms with E-state index < -0.39 is 28.3 Å². The molecule has 3 aromatic carbocycles. The number of hydrazone groups is 1. The summed E-state index contributed by atoms with van der Waals surface area (Å²) in [6.45, 7) is -0.383. The number of nitrogens with one attached hydrogen (secondary N) is 1. The van der Waals surface area contributed by atoms with Gasteiger partial charge in [-0.25, -0.2) is 18.2 Å². The molecule has 0 aliphatic rings. The first-order valence-electron chi connectivity index (χ1n) is 9.83. The summed E-state index contributed by atoms with van der Waals surface area (Å²) < 4.78 is 42.1. The maximum absolute atomic E-state index is 13.8. The zero-order valence-corrected chi connectivity index (χ0v) is 20.4. The molecule has 0 aliphatic heterocycles. The number of hydrogen-bond acceptors (Lipinski definition) is 4. The molecule has 10 heteroatoms. The Balaban J connectivity index is 1.76. The summed E-state index contributed by atoms with van der Waals surface area (Å²) in [6, 6.07) is 19.7. The highest BCUT2D eigenvalue weighted by atomic mass is 79.9. The average molecular weight is 553 g/mol. The summed E-state index contributed by atoms with van der Waals surface area (Å²) in [4.78, 5) is 12.6. The van der Waals surface area contributed by atoms with Gasteiger partial charge >= 0.3 is 0 Å². The molecule has 0 radical (unpaired) electrons. The lowest BCUT2D eigenvalue weighted by Crippen LogP contribution is -2.40. The molecule has 0 aromatic heterocycles. The Hall–Kier alpha value is -2.59. The summed E-state index contributed by atoms with van der Waals surface area (Å²) in [5.74, 6) is -1.27. The van der Waals surface area contributed by atoms with Crippen LogP contribution >= 0.6 is 27.5 Å². The molecule has 1 amide bonds. The number of benzene rings is 3. The molecule has 0 saturated carbocycles. The van der Waals surface area contributed by atoms with Crippen LogP contribution in [0.25, 0.3) is 0 Å². The maximum atomic E-state index is 13.8. The van der Waals surface area contributed by atoms with Crippen LogP contribution < -0.4 is 5.43 Å². The van der Waals surface area contributed by atoms with Gasteiger partial charge in [0.1, 0.15) is 5.82 Å². The Kier molecular flexibility index (Phi) is 8.74. The van der Waals surface area contributed by atoms with E-state index in [4.69, 9.17) is 11.6 Å². The van der Waals surface area contributed by atoms with E-state index in [2.05, 4.69) is 26.5 Å². The highest BCUT2D eigenvalue weighted by Gasteiger charge is 2.26. The molecule has 0 aliphatic carbocycles. The Morgan fingerprint density at radius 1 is 1.06 bits per heavy atom. The highest BCUT2D eigenvalue weighted by molar-refractivity contribution is 9.10. The Bertz CT molecular complexity index is 1220. The number of halogens is 3. The molecule has 0 bridgehead atoms. The summed E-state index contributed by atoms with van der Waals surface area (Å²) in [6.07, 6.45) is 1.49. The molecule has 0 fully saturated rings. The van der Waals surface area contributed by atoms with Crippen molar-refractivity contribution in [3.8, 4) is 0 Å². The molecule has 3 rings (SSSR count). The smallest absolute Gasteiger partial charge is 0.255 e. The van der Waals surface area contributed by atoms with Gasteiger partial charge in [0.05, 0.1) is 22.7 Å². The van der Waals surface area contributed by atoms with Crippen LogP contribution in [0.5, 0.6) is 0 Å². The molecular formula is C23H20BrClFN3O3S. The van der Waals surface area contributed by atoms with Crippen LogP contribution in [0.1, 0.15) is 11.1 Å². The van der Waals surface area contributed by atoms with Gasteiger partial charge in [-0.2, -0.15) is 9.41 Å². The molecule has 0 heterocycles. The molecule has 0 unspecified atom stereocenters. The topological polar surface area (TPSA) is 78.8 Å². The molecule has 3 aromatic rings. The van der Waals surface area contributed by atoms with Crippen LogP contribution in [0, 0.1) is 5.82 Å². The van der Waals surface area contributed by atoms with Crippen LogP contribution in [0.4, 0.5) is 4.39 Å². The van der Waals surface area contributed by atoms with Crippen molar-refractivity contribution in [3.63, 3.8) is 0 Å². The van der Waals surface area contributed by atoms with Crippen LogP contribution in [-0.4, -0.2) is 37.9 Å². The van der Waals surface area contributed by atoms with Gasteiger partial charge in [-0.3, -0.25) is 4.79 Å². The minimum absolute atomic E-state index is 0.0166. The van der Waals surface area contributed by atoms with Gasteiger partial charge in [-0.1, -0.05) is 63.9 Å². The van der Waals surface area contributed by atoms with Crippen molar-refractivity contribution in [2.75, 3.05) is 13.1 Å². The standard InChI is InChI=1S/C23H20BrClFN3O3S/c24-18-9-11-19(12-10-18)33(31,32)29(14-13-17-5-2-1-3-6-17)16-23(30)28-27-15-20-21(25)7-4-8-22(20)26/h1-12,15H,13-14,16H2,(H,28,30)/b27-15-. The van der Waals surface area contributed by atoms with E-state index in [1.54, 1.807) is 12.1 Å². The van der Waals surface area contributed by atoms with Crippen molar-refractivity contribution in [2.45, 2.75) is 11.3 Å². The van der Waals surface area contributed by atoms with Crippen LogP contribution in [0.3, 0.4) is 0 Å². The highest BCUT2D eigenvalue weighted by Crippen LogP contribution is 2.20. The third-order valence-electron chi connectivity index (χ3n) is 4.65. The molecule has 1 N–H and O–H groups in total. The third-order valence-corrected chi connectivity index (χ3v) is 7.36. The van der Waals surface area contributed by atoms with Crippen LogP contribution in [-0.2, 0) is 21.2 Å². The molecule has 33 heavy (non-hydrogen) atoms. The molecular weight excluding hydrogens is 533 g/mol. The van der Waals surface area contributed by atoms with Crippen LogP contribution in [0.15, 0.2) is 87.3 Å². The van der Waals surface area contributed by atoms with Crippen molar-refractivity contribution in [1.82, 2.24) is 9.73 Å².